The number of anilines is 1. The van der Waals surface area contributed by atoms with Crippen molar-refractivity contribution in [2.75, 3.05) is 31.5 Å². The Hall–Kier alpha value is -3.49. The molecule has 0 atom stereocenters. The van der Waals surface area contributed by atoms with Crippen molar-refractivity contribution >= 4 is 23.3 Å². The molecule has 1 N–H and O–H groups in total. The van der Waals surface area contributed by atoms with E-state index in [1.54, 1.807) is 28.9 Å². The van der Waals surface area contributed by atoms with Crippen LogP contribution in [0.1, 0.15) is 22.3 Å². The van der Waals surface area contributed by atoms with E-state index < -0.39 is 10.7 Å². The zero-order valence-corrected chi connectivity index (χ0v) is 15.9. The zero-order valence-electron chi connectivity index (χ0n) is 15.9. The van der Waals surface area contributed by atoms with Crippen LogP contribution in [0.4, 0.5) is 20.6 Å². The highest BCUT2D eigenvalue weighted by molar-refractivity contribution is 5.94. The average Bonchev–Trinajstić information content (AvgIpc) is 2.95. The van der Waals surface area contributed by atoms with E-state index in [-0.39, 0.29) is 17.6 Å². The summed E-state index contributed by atoms with van der Waals surface area (Å²) in [5.41, 5.74) is 1.19. The molecule has 0 aliphatic carbocycles. The topological polar surface area (TPSA) is 95.8 Å². The standard InChI is InChI=1S/C20H21FN4O4/c1-14-3-8-17(13-18(14)25(28)29)22-20(27)24-10-2-9-23(11-12-24)19(26)15-4-6-16(21)7-5-15/h3-8,13H,2,9-12H2,1H3,(H,22,27). The molecular formula is C20H21FN4O4. The minimum absolute atomic E-state index is 0.0604. The smallest absolute Gasteiger partial charge is 0.321 e. The van der Waals surface area contributed by atoms with Crippen molar-refractivity contribution < 1.29 is 18.9 Å². The van der Waals surface area contributed by atoms with Crippen LogP contribution in [-0.2, 0) is 0 Å². The minimum atomic E-state index is -0.490. The molecule has 1 aliphatic heterocycles. The molecule has 0 bridgehead atoms. The molecular weight excluding hydrogens is 379 g/mol. The third-order valence-electron chi connectivity index (χ3n) is 4.82. The highest BCUT2D eigenvalue weighted by Gasteiger charge is 2.23. The van der Waals surface area contributed by atoms with E-state index in [2.05, 4.69) is 5.32 Å². The lowest BCUT2D eigenvalue weighted by atomic mass is 10.2. The summed E-state index contributed by atoms with van der Waals surface area (Å²) in [6.07, 6.45) is 0.592. The molecule has 3 amide bonds. The summed E-state index contributed by atoms with van der Waals surface area (Å²) in [7, 11) is 0. The van der Waals surface area contributed by atoms with Gasteiger partial charge in [-0.15, -0.1) is 0 Å². The SMILES string of the molecule is Cc1ccc(NC(=O)N2CCCN(C(=O)c3ccc(F)cc3)CC2)cc1[N+](=O)[O-]. The van der Waals surface area contributed by atoms with Gasteiger partial charge in [0.2, 0.25) is 0 Å². The molecule has 0 radical (unpaired) electrons. The second kappa shape index (κ2) is 8.68. The number of nitrogens with zero attached hydrogens (tertiary/aromatic N) is 3. The van der Waals surface area contributed by atoms with Crippen LogP contribution in [0.25, 0.3) is 0 Å². The van der Waals surface area contributed by atoms with Gasteiger partial charge < -0.3 is 15.1 Å². The molecule has 29 heavy (non-hydrogen) atoms. The predicted octanol–water partition coefficient (Wildman–Crippen LogP) is 3.42. The van der Waals surface area contributed by atoms with Gasteiger partial charge in [-0.3, -0.25) is 14.9 Å². The molecule has 0 unspecified atom stereocenters. The van der Waals surface area contributed by atoms with E-state index in [0.29, 0.717) is 49.4 Å². The fourth-order valence-electron chi connectivity index (χ4n) is 3.19. The molecule has 1 fully saturated rings. The summed E-state index contributed by atoms with van der Waals surface area (Å²) < 4.78 is 13.1. The minimum Gasteiger partial charge on any atom is -0.337 e. The maximum Gasteiger partial charge on any atom is 0.321 e. The average molecular weight is 400 g/mol. The lowest BCUT2D eigenvalue weighted by Crippen LogP contribution is -2.39. The molecule has 1 aliphatic rings. The number of nitrogens with one attached hydrogen (secondary N) is 1. The molecule has 2 aromatic rings. The zero-order chi connectivity index (χ0) is 21.0. The predicted molar refractivity (Wildman–Crippen MR) is 105 cm³/mol. The number of carbonyl (C=O) groups is 2. The van der Waals surface area contributed by atoms with Crippen molar-refractivity contribution in [2.24, 2.45) is 0 Å². The number of rotatable bonds is 3. The van der Waals surface area contributed by atoms with E-state index in [1.165, 1.54) is 30.3 Å². The van der Waals surface area contributed by atoms with Gasteiger partial charge in [0, 0.05) is 49.1 Å². The Morgan fingerprint density at radius 1 is 1.03 bits per heavy atom. The van der Waals surface area contributed by atoms with Crippen LogP contribution in [0, 0.1) is 22.9 Å². The number of amides is 3. The highest BCUT2D eigenvalue weighted by Crippen LogP contribution is 2.22. The Morgan fingerprint density at radius 2 is 1.69 bits per heavy atom. The molecule has 9 heteroatoms. The van der Waals surface area contributed by atoms with Crippen LogP contribution in [0.5, 0.6) is 0 Å². The van der Waals surface area contributed by atoms with Crippen LogP contribution in [0.2, 0.25) is 0 Å². The number of aryl methyl sites for hydroxylation is 1. The monoisotopic (exact) mass is 400 g/mol. The van der Waals surface area contributed by atoms with Crippen molar-refractivity contribution in [1.29, 1.82) is 0 Å². The van der Waals surface area contributed by atoms with Gasteiger partial charge in [-0.1, -0.05) is 6.07 Å². The first-order valence-corrected chi connectivity index (χ1v) is 9.21. The molecule has 1 heterocycles. The first-order valence-electron chi connectivity index (χ1n) is 9.21. The van der Waals surface area contributed by atoms with Gasteiger partial charge in [0.05, 0.1) is 4.92 Å². The van der Waals surface area contributed by atoms with Gasteiger partial charge in [0.25, 0.3) is 11.6 Å². The maximum atomic E-state index is 13.1. The van der Waals surface area contributed by atoms with Crippen LogP contribution in [0.15, 0.2) is 42.5 Å². The number of hydrogen-bond acceptors (Lipinski definition) is 4. The first-order chi connectivity index (χ1) is 13.8. The summed E-state index contributed by atoms with van der Waals surface area (Å²) in [5.74, 6) is -0.613. The van der Waals surface area contributed by atoms with Gasteiger partial charge in [-0.25, -0.2) is 9.18 Å². The van der Waals surface area contributed by atoms with Crippen molar-refractivity contribution in [3.63, 3.8) is 0 Å². The van der Waals surface area contributed by atoms with Crippen molar-refractivity contribution in [1.82, 2.24) is 9.80 Å². The maximum absolute atomic E-state index is 13.1. The number of halogens is 1. The van der Waals surface area contributed by atoms with Crippen LogP contribution >= 0.6 is 0 Å². The Bertz CT molecular complexity index is 933. The molecule has 1 saturated heterocycles. The van der Waals surface area contributed by atoms with Crippen LogP contribution in [0.3, 0.4) is 0 Å². The first kappa shape index (κ1) is 20.2. The second-order valence-corrected chi connectivity index (χ2v) is 6.83. The lowest BCUT2D eigenvalue weighted by Gasteiger charge is -2.22. The summed E-state index contributed by atoms with van der Waals surface area (Å²) in [5, 5.41) is 13.7. The Kier molecular flexibility index (Phi) is 6.06. The molecule has 0 aromatic heterocycles. The molecule has 0 saturated carbocycles. The van der Waals surface area contributed by atoms with Gasteiger partial charge >= 0.3 is 6.03 Å². The third kappa shape index (κ3) is 4.87. The molecule has 8 nitrogen and oxygen atoms in total. The lowest BCUT2D eigenvalue weighted by molar-refractivity contribution is -0.385. The molecule has 2 aromatic carbocycles. The van der Waals surface area contributed by atoms with E-state index in [4.69, 9.17) is 0 Å². The number of carbonyl (C=O) groups excluding carboxylic acids is 2. The summed E-state index contributed by atoms with van der Waals surface area (Å²) >= 11 is 0. The molecule has 0 spiro atoms. The summed E-state index contributed by atoms with van der Waals surface area (Å²) in [6, 6.07) is 9.52. The van der Waals surface area contributed by atoms with Crippen molar-refractivity contribution in [2.45, 2.75) is 13.3 Å². The van der Waals surface area contributed by atoms with Gasteiger partial charge in [-0.2, -0.15) is 0 Å². The molecule has 3 rings (SSSR count). The van der Waals surface area contributed by atoms with Gasteiger partial charge in [0.15, 0.2) is 0 Å². The normalized spacial score (nSPS) is 14.3. The third-order valence-corrected chi connectivity index (χ3v) is 4.82. The number of hydrogen-bond donors (Lipinski definition) is 1. The quantitative estimate of drug-likeness (QED) is 0.631. The van der Waals surface area contributed by atoms with Gasteiger partial charge in [-0.05, 0) is 43.7 Å². The fourth-order valence-corrected chi connectivity index (χ4v) is 3.19. The van der Waals surface area contributed by atoms with E-state index in [9.17, 15) is 24.1 Å². The van der Waals surface area contributed by atoms with E-state index in [1.807, 2.05) is 0 Å². The van der Waals surface area contributed by atoms with Crippen molar-refractivity contribution in [3.8, 4) is 0 Å². The number of nitro benzene ring substituents is 1. The van der Waals surface area contributed by atoms with Crippen LogP contribution in [-0.4, -0.2) is 52.8 Å². The van der Waals surface area contributed by atoms with E-state index >= 15 is 0 Å². The second-order valence-electron chi connectivity index (χ2n) is 6.83. The number of benzene rings is 2. The Balaban J connectivity index is 1.62. The van der Waals surface area contributed by atoms with E-state index in [0.717, 1.165) is 0 Å². The largest absolute Gasteiger partial charge is 0.337 e. The van der Waals surface area contributed by atoms with Crippen molar-refractivity contribution in [3.05, 3.63) is 69.5 Å². The number of urea groups is 1. The Morgan fingerprint density at radius 3 is 2.38 bits per heavy atom. The Labute approximate surface area is 167 Å². The number of nitro groups is 1. The summed E-state index contributed by atoms with van der Waals surface area (Å²) in [4.78, 5) is 38.9. The van der Waals surface area contributed by atoms with Crippen LogP contribution < -0.4 is 5.32 Å². The highest BCUT2D eigenvalue weighted by atomic mass is 19.1. The summed E-state index contributed by atoms with van der Waals surface area (Å²) in [6.45, 7) is 3.23. The van der Waals surface area contributed by atoms with Gasteiger partial charge in [0.1, 0.15) is 5.82 Å². The fraction of sp³-hybridized carbons (Fsp3) is 0.300. The molecule has 152 valence electrons.